The average Bonchev–Trinajstić information content (AvgIpc) is 2.93. The molecule has 0 saturated carbocycles. The van der Waals surface area contributed by atoms with Gasteiger partial charge in [0.2, 0.25) is 0 Å². The van der Waals surface area contributed by atoms with Crippen LogP contribution in [0.25, 0.3) is 5.52 Å². The quantitative estimate of drug-likeness (QED) is 0.707. The van der Waals surface area contributed by atoms with Crippen molar-refractivity contribution in [2.75, 3.05) is 12.4 Å². The summed E-state index contributed by atoms with van der Waals surface area (Å²) in [6.07, 6.45) is 3.05. The normalized spacial score (nSPS) is 10.6. The summed E-state index contributed by atoms with van der Waals surface area (Å²) in [4.78, 5) is 38.0. The van der Waals surface area contributed by atoms with E-state index in [1.54, 1.807) is 17.6 Å². The Morgan fingerprint density at radius 2 is 2.12 bits per heavy atom. The van der Waals surface area contributed by atoms with Crippen molar-refractivity contribution in [1.82, 2.24) is 14.6 Å². The number of amides is 1. The fourth-order valence-corrected chi connectivity index (χ4v) is 2.35. The molecule has 0 atom stereocenters. The van der Waals surface area contributed by atoms with Crippen molar-refractivity contribution in [3.8, 4) is 0 Å². The number of nitrogens with zero attached hydrogens (tertiary/aromatic N) is 2. The van der Waals surface area contributed by atoms with E-state index in [0.29, 0.717) is 0 Å². The van der Waals surface area contributed by atoms with E-state index >= 15 is 0 Å². The van der Waals surface area contributed by atoms with E-state index in [9.17, 15) is 14.4 Å². The highest BCUT2D eigenvalue weighted by Crippen LogP contribution is 2.16. The molecule has 2 N–H and O–H groups in total. The van der Waals surface area contributed by atoms with Crippen LogP contribution in [0.1, 0.15) is 26.4 Å². The lowest BCUT2D eigenvalue weighted by Gasteiger charge is -2.05. The number of fused-ring (bicyclic) bond motifs is 1. The Labute approximate surface area is 136 Å². The first kappa shape index (κ1) is 15.5. The Morgan fingerprint density at radius 1 is 1.33 bits per heavy atom. The summed E-state index contributed by atoms with van der Waals surface area (Å²) in [5.74, 6) is -1.23. The van der Waals surface area contributed by atoms with Crippen molar-refractivity contribution >= 4 is 23.1 Å². The van der Waals surface area contributed by atoms with Crippen LogP contribution in [0.3, 0.4) is 0 Å². The van der Waals surface area contributed by atoms with Gasteiger partial charge in [-0.25, -0.2) is 9.31 Å². The van der Waals surface area contributed by atoms with Crippen molar-refractivity contribution in [3.05, 3.63) is 63.8 Å². The molecule has 0 fully saturated rings. The molecule has 0 aromatic carbocycles. The van der Waals surface area contributed by atoms with Gasteiger partial charge in [-0.1, -0.05) is 6.07 Å². The van der Waals surface area contributed by atoms with E-state index in [4.69, 9.17) is 0 Å². The largest absolute Gasteiger partial charge is 0.465 e. The molecule has 8 nitrogen and oxygen atoms in total. The number of hydrogen-bond donors (Lipinski definition) is 2. The molecular weight excluding hydrogens is 312 g/mol. The molecule has 3 rings (SSSR count). The lowest BCUT2D eigenvalue weighted by Crippen LogP contribution is -2.21. The van der Waals surface area contributed by atoms with Crippen LogP contribution in [0.4, 0.5) is 5.69 Å². The predicted octanol–water partition coefficient (Wildman–Crippen LogP) is 1.37. The molecule has 0 radical (unpaired) electrons. The van der Waals surface area contributed by atoms with Gasteiger partial charge in [-0.05, 0) is 25.1 Å². The maximum Gasteiger partial charge on any atom is 0.343 e. The van der Waals surface area contributed by atoms with E-state index in [-0.39, 0.29) is 16.9 Å². The number of ether oxygens (including phenoxy) is 1. The summed E-state index contributed by atoms with van der Waals surface area (Å²) in [7, 11) is 1.17. The molecule has 0 spiro atoms. The number of hydrogen-bond acceptors (Lipinski definition) is 5. The lowest BCUT2D eigenvalue weighted by atomic mass is 10.2. The number of aromatic amines is 1. The minimum atomic E-state index is -0.781. The zero-order valence-electron chi connectivity index (χ0n) is 13.0. The molecule has 0 bridgehead atoms. The third-order valence-corrected chi connectivity index (χ3v) is 3.57. The molecule has 1 amide bonds. The van der Waals surface area contributed by atoms with Gasteiger partial charge < -0.3 is 15.0 Å². The van der Waals surface area contributed by atoms with Gasteiger partial charge in [0.05, 0.1) is 18.3 Å². The minimum Gasteiger partial charge on any atom is -0.465 e. The number of anilines is 1. The van der Waals surface area contributed by atoms with Crippen molar-refractivity contribution in [1.29, 1.82) is 0 Å². The van der Waals surface area contributed by atoms with Gasteiger partial charge in [-0.15, -0.1) is 0 Å². The summed E-state index contributed by atoms with van der Waals surface area (Å²) in [5.41, 5.74) is 1.28. The van der Waals surface area contributed by atoms with Gasteiger partial charge in [0, 0.05) is 18.0 Å². The van der Waals surface area contributed by atoms with Crippen LogP contribution in [0, 0.1) is 6.92 Å². The first-order valence-corrected chi connectivity index (χ1v) is 7.07. The maximum atomic E-state index is 12.4. The van der Waals surface area contributed by atoms with Crippen molar-refractivity contribution in [3.63, 3.8) is 0 Å². The van der Waals surface area contributed by atoms with Crippen LogP contribution in [-0.4, -0.2) is 33.6 Å². The summed E-state index contributed by atoms with van der Waals surface area (Å²) < 4.78 is 6.14. The van der Waals surface area contributed by atoms with E-state index in [2.05, 4.69) is 20.1 Å². The molecule has 3 heterocycles. The highest BCUT2D eigenvalue weighted by atomic mass is 16.5. The minimum absolute atomic E-state index is 0.193. The molecule has 122 valence electrons. The fraction of sp³-hybridized carbons (Fsp3) is 0.125. The second-order valence-electron chi connectivity index (χ2n) is 5.08. The molecule has 3 aromatic heterocycles. The lowest BCUT2D eigenvalue weighted by molar-refractivity contribution is 0.0598. The van der Waals surface area contributed by atoms with Crippen LogP contribution < -0.4 is 10.9 Å². The predicted molar refractivity (Wildman–Crippen MR) is 86.3 cm³/mol. The van der Waals surface area contributed by atoms with Gasteiger partial charge in [0.1, 0.15) is 5.56 Å². The molecule has 0 unspecified atom stereocenters. The second kappa shape index (κ2) is 5.99. The SMILES string of the molecule is COC(=O)c1cc(NC(=O)c2nn3ccccc3c2C)c[nH]c1=O. The van der Waals surface area contributed by atoms with Gasteiger partial charge in [0.15, 0.2) is 5.69 Å². The highest BCUT2D eigenvalue weighted by Gasteiger charge is 2.18. The van der Waals surface area contributed by atoms with Crippen molar-refractivity contribution in [2.45, 2.75) is 6.92 Å². The fourth-order valence-electron chi connectivity index (χ4n) is 2.35. The van der Waals surface area contributed by atoms with E-state index in [1.807, 2.05) is 18.2 Å². The standard InChI is InChI=1S/C16H14N4O4/c1-9-12-5-3-4-6-20(12)19-13(9)15(22)18-10-7-11(16(23)24-2)14(21)17-8-10/h3-8H,1-2H3,(H,17,21)(H,18,22). The maximum absolute atomic E-state index is 12.4. The number of methoxy groups -OCH3 is 1. The zero-order chi connectivity index (χ0) is 17.3. The second-order valence-corrected chi connectivity index (χ2v) is 5.08. The average molecular weight is 326 g/mol. The number of carbonyl (C=O) groups excluding carboxylic acids is 2. The van der Waals surface area contributed by atoms with Crippen LogP contribution in [-0.2, 0) is 4.74 Å². The van der Waals surface area contributed by atoms with E-state index < -0.39 is 17.4 Å². The van der Waals surface area contributed by atoms with Crippen LogP contribution >= 0.6 is 0 Å². The highest BCUT2D eigenvalue weighted by molar-refractivity contribution is 6.05. The number of carbonyl (C=O) groups is 2. The molecule has 0 aliphatic heterocycles. The number of pyridine rings is 2. The smallest absolute Gasteiger partial charge is 0.343 e. The Bertz CT molecular complexity index is 1000. The van der Waals surface area contributed by atoms with Crippen LogP contribution in [0.2, 0.25) is 0 Å². The number of esters is 1. The number of H-pyrrole nitrogens is 1. The summed E-state index contributed by atoms with van der Waals surface area (Å²) in [6.45, 7) is 1.80. The zero-order valence-corrected chi connectivity index (χ0v) is 13.0. The van der Waals surface area contributed by atoms with Gasteiger partial charge in [-0.3, -0.25) is 9.59 Å². The molecule has 8 heteroatoms. The van der Waals surface area contributed by atoms with Gasteiger partial charge >= 0.3 is 5.97 Å². The van der Waals surface area contributed by atoms with E-state index in [0.717, 1.165) is 11.1 Å². The van der Waals surface area contributed by atoms with Crippen molar-refractivity contribution < 1.29 is 14.3 Å². The van der Waals surface area contributed by atoms with Crippen LogP contribution in [0.15, 0.2) is 41.5 Å². The molecule has 3 aromatic rings. The summed E-state index contributed by atoms with van der Waals surface area (Å²) >= 11 is 0. The molecule has 24 heavy (non-hydrogen) atoms. The number of rotatable bonds is 3. The third-order valence-electron chi connectivity index (χ3n) is 3.57. The third kappa shape index (κ3) is 2.65. The Kier molecular flexibility index (Phi) is 3.87. The number of nitrogens with one attached hydrogen (secondary N) is 2. The summed E-state index contributed by atoms with van der Waals surface area (Å²) in [6, 6.07) is 6.78. The van der Waals surface area contributed by atoms with Crippen LogP contribution in [0.5, 0.6) is 0 Å². The number of aryl methyl sites for hydroxylation is 1. The first-order chi connectivity index (χ1) is 11.5. The number of aromatic nitrogens is 3. The first-order valence-electron chi connectivity index (χ1n) is 7.07. The van der Waals surface area contributed by atoms with Crippen molar-refractivity contribution in [2.24, 2.45) is 0 Å². The molecule has 0 saturated heterocycles. The van der Waals surface area contributed by atoms with Gasteiger partial charge in [-0.2, -0.15) is 5.10 Å². The monoisotopic (exact) mass is 326 g/mol. The summed E-state index contributed by atoms with van der Waals surface area (Å²) in [5, 5.41) is 6.85. The molecule has 0 aliphatic rings. The van der Waals surface area contributed by atoms with Gasteiger partial charge in [0.25, 0.3) is 11.5 Å². The Morgan fingerprint density at radius 3 is 2.83 bits per heavy atom. The molecular formula is C16H14N4O4. The van der Waals surface area contributed by atoms with E-state index in [1.165, 1.54) is 19.4 Å². The Balaban J connectivity index is 1.93. The topological polar surface area (TPSA) is 106 Å². The Hall–Kier alpha value is -3.42. The molecule has 0 aliphatic carbocycles.